The van der Waals surface area contributed by atoms with Gasteiger partial charge in [-0.25, -0.2) is 22.0 Å². The number of nitrogens with one attached hydrogen (secondary N) is 1. The quantitative estimate of drug-likeness (QED) is 0.0391. The number of carbonyl (C=O) groups excluding carboxylic acids is 1. The van der Waals surface area contributed by atoms with Gasteiger partial charge in [0.15, 0.2) is 35.8 Å². The van der Waals surface area contributed by atoms with Crippen LogP contribution in [0.4, 0.5) is 22.0 Å². The second kappa shape index (κ2) is 15.4. The van der Waals surface area contributed by atoms with Crippen molar-refractivity contribution in [1.82, 2.24) is 5.32 Å². The fourth-order valence-corrected chi connectivity index (χ4v) is 6.46. The topological polar surface area (TPSA) is 94.7 Å². The first kappa shape index (κ1) is 35.0. The second-order valence-electron chi connectivity index (χ2n) is 11.5. The first-order valence-electron chi connectivity index (χ1n) is 15.4. The molecular weight excluding hydrogens is 679 g/mol. The van der Waals surface area contributed by atoms with Crippen LogP contribution < -0.4 is 10.0 Å². The molecule has 5 aromatic rings. The molecule has 2 N–H and O–H groups in total. The summed E-state index contributed by atoms with van der Waals surface area (Å²) in [5, 5.41) is 24.5. The number of hydrogen-bond donors (Lipinski definition) is 2. The van der Waals surface area contributed by atoms with Crippen LogP contribution >= 0.6 is 11.8 Å². The average Bonchev–Trinajstić information content (AvgIpc) is 3.15. The van der Waals surface area contributed by atoms with Gasteiger partial charge in [0, 0.05) is 36.4 Å². The lowest BCUT2D eigenvalue weighted by molar-refractivity contribution is -0.645. The molecule has 1 amide bonds. The summed E-state index contributed by atoms with van der Waals surface area (Å²) >= 11 is 1.38. The molecule has 1 aliphatic heterocycles. The number of aromatic nitrogens is 1. The Kier molecular flexibility index (Phi) is 10.8. The molecule has 6 rings (SSSR count). The molecule has 1 aromatic heterocycles. The van der Waals surface area contributed by atoms with Gasteiger partial charge in [-0.15, -0.1) is 0 Å². The zero-order chi connectivity index (χ0) is 35.4. The molecule has 0 unspecified atom stereocenters. The molecule has 0 saturated carbocycles. The summed E-state index contributed by atoms with van der Waals surface area (Å²) in [4.78, 5) is 12.5. The maximum atomic E-state index is 14.1. The fraction of sp³-hybridized carbons (Fsp3) is 0.189. The summed E-state index contributed by atoms with van der Waals surface area (Å²) in [6.45, 7) is -0.351. The first-order valence-corrected chi connectivity index (χ1v) is 16.4. The predicted octanol–water partition coefficient (Wildman–Crippen LogP) is 7.44. The molecule has 4 aromatic carbocycles. The van der Waals surface area contributed by atoms with E-state index in [9.17, 15) is 37.1 Å². The van der Waals surface area contributed by atoms with E-state index in [1.165, 1.54) is 18.0 Å². The van der Waals surface area contributed by atoms with Crippen molar-refractivity contribution in [2.75, 3.05) is 5.75 Å². The minimum atomic E-state index is -2.35. The van der Waals surface area contributed by atoms with E-state index in [2.05, 4.69) is 5.32 Å². The highest BCUT2D eigenvalue weighted by molar-refractivity contribution is 7.99. The van der Waals surface area contributed by atoms with Crippen LogP contribution in [0.1, 0.15) is 51.4 Å². The number of aliphatic hydroxyl groups is 1. The molecule has 0 aliphatic carbocycles. The van der Waals surface area contributed by atoms with Crippen molar-refractivity contribution >= 4 is 17.7 Å². The summed E-state index contributed by atoms with van der Waals surface area (Å²) in [7, 11) is 0. The number of rotatable bonds is 10. The van der Waals surface area contributed by atoms with Gasteiger partial charge in [0.1, 0.15) is 5.56 Å². The Morgan fingerprint density at radius 2 is 1.48 bits per heavy atom. The van der Waals surface area contributed by atoms with Crippen LogP contribution in [0.25, 0.3) is 11.1 Å². The lowest BCUT2D eigenvalue weighted by Gasteiger charge is -2.36. The number of thioether (sulfide) groups is 1. The highest BCUT2D eigenvalue weighted by Crippen LogP contribution is 2.40. The molecule has 3 atom stereocenters. The number of benzene rings is 4. The summed E-state index contributed by atoms with van der Waals surface area (Å²) < 4.78 is 82.6. The molecule has 7 nitrogen and oxygen atoms in total. The predicted molar refractivity (Wildman–Crippen MR) is 174 cm³/mol. The molecule has 1 saturated heterocycles. The van der Waals surface area contributed by atoms with E-state index in [-0.39, 0.29) is 25.4 Å². The van der Waals surface area contributed by atoms with E-state index in [4.69, 9.17) is 9.47 Å². The lowest BCUT2D eigenvalue weighted by atomic mass is 9.99. The number of amides is 1. The van der Waals surface area contributed by atoms with Crippen LogP contribution in [0.2, 0.25) is 0 Å². The molecule has 2 heterocycles. The molecule has 1 fully saturated rings. The number of halogens is 5. The first-order chi connectivity index (χ1) is 24.1. The second-order valence-corrected chi connectivity index (χ2v) is 12.5. The number of hydrogen-bond acceptors (Lipinski definition) is 6. The Hall–Kier alpha value is -4.82. The minimum Gasteiger partial charge on any atom is -0.618 e. The molecule has 0 bridgehead atoms. The lowest BCUT2D eigenvalue weighted by Crippen LogP contribution is -2.32. The van der Waals surface area contributed by atoms with Gasteiger partial charge < -0.3 is 25.1 Å². The fourth-order valence-electron chi connectivity index (χ4n) is 5.53. The van der Waals surface area contributed by atoms with Crippen molar-refractivity contribution in [2.24, 2.45) is 0 Å². The molecule has 258 valence electrons. The third-order valence-electron chi connectivity index (χ3n) is 8.13. The van der Waals surface area contributed by atoms with Crippen LogP contribution in [0.3, 0.4) is 0 Å². The molecule has 13 heteroatoms. The van der Waals surface area contributed by atoms with E-state index in [1.807, 2.05) is 48.5 Å². The highest BCUT2D eigenvalue weighted by atomic mass is 32.2. The monoisotopic (exact) mass is 708 g/mol. The smallest absolute Gasteiger partial charge is 0.257 e. The number of ether oxygens (including phenoxy) is 2. The van der Waals surface area contributed by atoms with E-state index in [0.29, 0.717) is 33.9 Å². The Labute approximate surface area is 287 Å². The Morgan fingerprint density at radius 1 is 0.800 bits per heavy atom. The molecule has 50 heavy (non-hydrogen) atoms. The Balaban J connectivity index is 1.21. The summed E-state index contributed by atoms with van der Waals surface area (Å²) in [6, 6.07) is 26.9. The van der Waals surface area contributed by atoms with E-state index in [1.54, 1.807) is 42.5 Å². The maximum Gasteiger partial charge on any atom is 0.257 e. The summed E-state index contributed by atoms with van der Waals surface area (Å²) in [6.07, 6.45) is 0.524. The molecular formula is C37H29F5N2O5S. The maximum absolute atomic E-state index is 14.1. The SMILES string of the molecule is O=C(NCc1cccc(-c2cccc([C@H]3O[C@@H](CSc4cccc[n+]4[O-])C[C@@H](c4ccc(CO)cc4)O3)c2)c1)c1c(F)c(F)c(F)c(F)c1F. The van der Waals surface area contributed by atoms with Crippen LogP contribution in [-0.4, -0.2) is 22.9 Å². The average molecular weight is 709 g/mol. The standard InChI is InChI=1S/C37H29F5N2O5S/c38-31-30(32(39)34(41)35(42)33(31)40)36(46)43-18-22-5-3-6-24(15-22)25-7-4-8-26(16-25)37-48-27(20-50-29-9-1-2-14-44(29)47)17-28(49-37)23-12-10-21(19-45)11-13-23/h1-16,27-28,37,45H,17-20H2,(H,43,46)/t27-,28+,37+/m1/s1. The largest absolute Gasteiger partial charge is 0.618 e. The van der Waals surface area contributed by atoms with Gasteiger partial charge in [-0.1, -0.05) is 72.4 Å². The zero-order valence-corrected chi connectivity index (χ0v) is 26.9. The van der Waals surface area contributed by atoms with Gasteiger partial charge in [0.05, 0.1) is 18.8 Å². The van der Waals surface area contributed by atoms with Crippen LogP contribution in [0.5, 0.6) is 0 Å². The van der Waals surface area contributed by atoms with Gasteiger partial charge in [0.2, 0.25) is 5.82 Å². The summed E-state index contributed by atoms with van der Waals surface area (Å²) in [5.41, 5.74) is 2.76. The van der Waals surface area contributed by atoms with Crippen molar-refractivity contribution in [1.29, 1.82) is 0 Å². The minimum absolute atomic E-state index is 0.0885. The van der Waals surface area contributed by atoms with Crippen molar-refractivity contribution in [3.8, 4) is 11.1 Å². The molecule has 1 aliphatic rings. The molecule has 0 spiro atoms. The van der Waals surface area contributed by atoms with Crippen LogP contribution in [0, 0.1) is 34.3 Å². The van der Waals surface area contributed by atoms with Gasteiger partial charge in [-0.05, 0) is 46.0 Å². The van der Waals surface area contributed by atoms with Gasteiger partial charge in [-0.3, -0.25) is 4.79 Å². The van der Waals surface area contributed by atoms with Crippen molar-refractivity contribution < 1.29 is 46.1 Å². The number of nitrogens with zero attached hydrogens (tertiary/aromatic N) is 1. The van der Waals surface area contributed by atoms with E-state index in [0.717, 1.165) is 21.4 Å². The number of aliphatic hydroxyl groups excluding tert-OH is 1. The Bertz CT molecular complexity index is 1990. The van der Waals surface area contributed by atoms with E-state index >= 15 is 0 Å². The third-order valence-corrected chi connectivity index (χ3v) is 9.28. The zero-order valence-electron chi connectivity index (χ0n) is 26.1. The molecule has 0 radical (unpaired) electrons. The van der Waals surface area contributed by atoms with Crippen molar-refractivity contribution in [3.05, 3.63) is 159 Å². The van der Waals surface area contributed by atoms with E-state index < -0.39 is 46.8 Å². The van der Waals surface area contributed by atoms with Crippen molar-refractivity contribution in [2.45, 2.75) is 43.1 Å². The normalized spacial score (nSPS) is 17.4. The van der Waals surface area contributed by atoms with Gasteiger partial charge in [-0.2, -0.15) is 4.73 Å². The third kappa shape index (κ3) is 7.65. The van der Waals surface area contributed by atoms with Crippen molar-refractivity contribution in [3.63, 3.8) is 0 Å². The number of pyridine rings is 1. The van der Waals surface area contributed by atoms with Crippen LogP contribution in [0.15, 0.2) is 102 Å². The number of carbonyl (C=O) groups is 1. The van der Waals surface area contributed by atoms with Gasteiger partial charge in [0.25, 0.3) is 10.9 Å². The Morgan fingerprint density at radius 3 is 2.18 bits per heavy atom. The highest BCUT2D eigenvalue weighted by Gasteiger charge is 2.33. The summed E-state index contributed by atoms with van der Waals surface area (Å²) in [5.74, 6) is -12.2. The van der Waals surface area contributed by atoms with Crippen LogP contribution in [-0.2, 0) is 22.6 Å². The van der Waals surface area contributed by atoms with Gasteiger partial charge >= 0.3 is 0 Å².